The van der Waals surface area contributed by atoms with E-state index in [-0.39, 0.29) is 11.5 Å². The van der Waals surface area contributed by atoms with Gasteiger partial charge in [0, 0.05) is 22.5 Å². The molecule has 4 rings (SSSR count). The number of hydrogen-bond acceptors (Lipinski definition) is 1. The number of aliphatic hydroxyl groups is 1. The van der Waals surface area contributed by atoms with Crippen LogP contribution in [0.15, 0.2) is 24.4 Å². The van der Waals surface area contributed by atoms with Crippen LogP contribution in [0.25, 0.3) is 10.9 Å². The van der Waals surface area contributed by atoms with Gasteiger partial charge >= 0.3 is 0 Å². The molecule has 94 valence electrons. The van der Waals surface area contributed by atoms with Crippen LogP contribution in [0.1, 0.15) is 43.2 Å². The largest absolute Gasteiger partial charge is 0.393 e. The van der Waals surface area contributed by atoms with E-state index in [9.17, 15) is 5.11 Å². The van der Waals surface area contributed by atoms with Crippen LogP contribution in [0, 0.1) is 5.41 Å². The maximum Gasteiger partial charge on any atom is 0.0600 e. The van der Waals surface area contributed by atoms with Gasteiger partial charge in [0.1, 0.15) is 0 Å². The maximum atomic E-state index is 10.3. The maximum absolute atomic E-state index is 10.3. The van der Waals surface area contributed by atoms with Gasteiger partial charge in [-0.2, -0.15) is 0 Å². The summed E-state index contributed by atoms with van der Waals surface area (Å²) in [6.45, 7) is 2.28. The zero-order chi connectivity index (χ0) is 12.3. The number of aliphatic hydroxyl groups excluding tert-OH is 1. The lowest BCUT2D eigenvalue weighted by Gasteiger charge is -2.40. The van der Waals surface area contributed by atoms with E-state index in [1.165, 1.54) is 22.0 Å². The standard InChI is InChI=1S/C16H19NO/c1-16-8-6-10-11(13(16)3-5-15(16)18)2-4-14-12(10)7-9-17-14/h2,4,7,9,13,15,17-18H,3,5-6,8H2,1H3/t13-,15-,16-/m0/s1. The van der Waals surface area contributed by atoms with Crippen molar-refractivity contribution in [2.45, 2.75) is 44.6 Å². The van der Waals surface area contributed by atoms with Gasteiger partial charge in [-0.25, -0.2) is 0 Å². The molecule has 3 atom stereocenters. The average molecular weight is 241 g/mol. The summed E-state index contributed by atoms with van der Waals surface area (Å²) in [6.07, 6.45) is 6.25. The fourth-order valence-electron chi connectivity index (χ4n) is 4.28. The molecule has 2 heteroatoms. The number of aromatic amines is 1. The number of H-pyrrole nitrogens is 1. The van der Waals surface area contributed by atoms with E-state index in [0.29, 0.717) is 5.92 Å². The summed E-state index contributed by atoms with van der Waals surface area (Å²) in [5.41, 5.74) is 4.37. The molecule has 2 aromatic rings. The van der Waals surface area contributed by atoms with Gasteiger partial charge in [0.05, 0.1) is 6.10 Å². The lowest BCUT2D eigenvalue weighted by Crippen LogP contribution is -2.35. The smallest absolute Gasteiger partial charge is 0.0600 e. The van der Waals surface area contributed by atoms with Crippen LogP contribution in [0.2, 0.25) is 0 Å². The third-order valence-electron chi connectivity index (χ3n) is 5.46. The summed E-state index contributed by atoms with van der Waals surface area (Å²) in [5, 5.41) is 11.7. The normalized spacial score (nSPS) is 34.6. The Morgan fingerprint density at radius 3 is 3.06 bits per heavy atom. The Hall–Kier alpha value is -1.28. The Bertz CT molecular complexity index is 615. The van der Waals surface area contributed by atoms with Crippen molar-refractivity contribution in [1.82, 2.24) is 4.98 Å². The fraction of sp³-hybridized carbons (Fsp3) is 0.500. The van der Waals surface area contributed by atoms with Gasteiger partial charge in [0.15, 0.2) is 0 Å². The number of rotatable bonds is 0. The molecule has 0 spiro atoms. The first kappa shape index (κ1) is 10.6. The average Bonchev–Trinajstić information content (AvgIpc) is 2.94. The molecule has 2 nitrogen and oxygen atoms in total. The van der Waals surface area contributed by atoms with Crippen molar-refractivity contribution in [1.29, 1.82) is 0 Å². The second-order valence-corrected chi connectivity index (χ2v) is 6.22. The highest BCUT2D eigenvalue weighted by atomic mass is 16.3. The third-order valence-corrected chi connectivity index (χ3v) is 5.46. The fourth-order valence-corrected chi connectivity index (χ4v) is 4.28. The molecule has 0 unspecified atom stereocenters. The van der Waals surface area contributed by atoms with Crippen molar-refractivity contribution < 1.29 is 5.11 Å². The number of aromatic nitrogens is 1. The predicted molar refractivity (Wildman–Crippen MR) is 72.7 cm³/mol. The molecule has 18 heavy (non-hydrogen) atoms. The molecule has 2 aliphatic rings. The molecule has 0 amide bonds. The minimum atomic E-state index is -0.113. The van der Waals surface area contributed by atoms with Gasteiger partial charge in [0.2, 0.25) is 0 Å². The quantitative estimate of drug-likeness (QED) is 0.729. The first-order chi connectivity index (χ1) is 8.70. The zero-order valence-corrected chi connectivity index (χ0v) is 10.7. The highest BCUT2D eigenvalue weighted by Crippen LogP contribution is 2.56. The van der Waals surface area contributed by atoms with Crippen LogP contribution in [-0.4, -0.2) is 16.2 Å². The van der Waals surface area contributed by atoms with E-state index < -0.39 is 0 Å². The summed E-state index contributed by atoms with van der Waals surface area (Å²) in [6, 6.07) is 6.68. The topological polar surface area (TPSA) is 36.0 Å². The van der Waals surface area contributed by atoms with Gasteiger partial charge in [-0.1, -0.05) is 13.0 Å². The van der Waals surface area contributed by atoms with Crippen LogP contribution in [0.4, 0.5) is 0 Å². The van der Waals surface area contributed by atoms with Crippen molar-refractivity contribution in [3.05, 3.63) is 35.5 Å². The van der Waals surface area contributed by atoms with Gasteiger partial charge in [-0.3, -0.25) is 0 Å². The van der Waals surface area contributed by atoms with Crippen molar-refractivity contribution in [2.24, 2.45) is 5.41 Å². The highest BCUT2D eigenvalue weighted by Gasteiger charge is 2.49. The summed E-state index contributed by atoms with van der Waals surface area (Å²) >= 11 is 0. The molecule has 1 saturated carbocycles. The number of nitrogens with one attached hydrogen (secondary N) is 1. The van der Waals surface area contributed by atoms with Crippen molar-refractivity contribution in [2.75, 3.05) is 0 Å². The summed E-state index contributed by atoms with van der Waals surface area (Å²) in [7, 11) is 0. The van der Waals surface area contributed by atoms with Gasteiger partial charge in [-0.15, -0.1) is 0 Å². The molecule has 2 N–H and O–H groups in total. The van der Waals surface area contributed by atoms with E-state index in [1.54, 1.807) is 0 Å². The van der Waals surface area contributed by atoms with Crippen molar-refractivity contribution in [3.63, 3.8) is 0 Å². The van der Waals surface area contributed by atoms with E-state index in [2.05, 4.69) is 30.1 Å². The summed E-state index contributed by atoms with van der Waals surface area (Å²) in [4.78, 5) is 3.30. The molecule has 1 aromatic heterocycles. The van der Waals surface area contributed by atoms with Crippen LogP contribution < -0.4 is 0 Å². The zero-order valence-electron chi connectivity index (χ0n) is 10.7. The number of benzene rings is 1. The van der Waals surface area contributed by atoms with Crippen LogP contribution in [0.5, 0.6) is 0 Å². The van der Waals surface area contributed by atoms with Gasteiger partial charge in [-0.05, 0) is 54.9 Å². The van der Waals surface area contributed by atoms with E-state index in [1.807, 2.05) is 6.20 Å². The van der Waals surface area contributed by atoms with Crippen LogP contribution in [0.3, 0.4) is 0 Å². The molecule has 0 aliphatic heterocycles. The third kappa shape index (κ3) is 1.17. The molecule has 0 radical (unpaired) electrons. The highest BCUT2D eigenvalue weighted by molar-refractivity contribution is 5.84. The van der Waals surface area contributed by atoms with Crippen LogP contribution in [-0.2, 0) is 6.42 Å². The minimum absolute atomic E-state index is 0.108. The Morgan fingerprint density at radius 2 is 2.17 bits per heavy atom. The van der Waals surface area contributed by atoms with Crippen molar-refractivity contribution in [3.8, 4) is 0 Å². The molecule has 1 aromatic carbocycles. The van der Waals surface area contributed by atoms with Crippen molar-refractivity contribution >= 4 is 10.9 Å². The summed E-state index contributed by atoms with van der Waals surface area (Å²) in [5.74, 6) is 0.551. The SMILES string of the molecule is C[C@]12CCc3c(ccc4[nH]ccc34)[C@@H]1CC[C@@H]2O. The Kier molecular flexibility index (Phi) is 2.00. The Labute approximate surface area is 107 Å². The monoisotopic (exact) mass is 241 g/mol. The molecule has 2 aliphatic carbocycles. The molecular formula is C16H19NO. The van der Waals surface area contributed by atoms with E-state index >= 15 is 0 Å². The molecular weight excluding hydrogens is 222 g/mol. The lowest BCUT2D eigenvalue weighted by atomic mass is 9.65. The lowest BCUT2D eigenvalue weighted by molar-refractivity contribution is 0.0459. The first-order valence-electron chi connectivity index (χ1n) is 6.97. The van der Waals surface area contributed by atoms with E-state index in [0.717, 1.165) is 25.7 Å². The molecule has 1 heterocycles. The number of fused-ring (bicyclic) bond motifs is 5. The first-order valence-corrected chi connectivity index (χ1v) is 6.97. The van der Waals surface area contributed by atoms with Gasteiger partial charge < -0.3 is 10.1 Å². The predicted octanol–water partition coefficient (Wildman–Crippen LogP) is 3.36. The Morgan fingerprint density at radius 1 is 1.28 bits per heavy atom. The molecule has 0 bridgehead atoms. The number of aryl methyl sites for hydroxylation is 1. The minimum Gasteiger partial charge on any atom is -0.393 e. The molecule has 1 fully saturated rings. The van der Waals surface area contributed by atoms with E-state index in [4.69, 9.17) is 0 Å². The molecule has 0 saturated heterocycles. The second-order valence-electron chi connectivity index (χ2n) is 6.22. The number of hydrogen-bond donors (Lipinski definition) is 2. The van der Waals surface area contributed by atoms with Crippen LogP contribution >= 0.6 is 0 Å². The Balaban J connectivity index is 1.94. The second kappa shape index (κ2) is 3.39. The van der Waals surface area contributed by atoms with Gasteiger partial charge in [0.25, 0.3) is 0 Å². The summed E-state index contributed by atoms with van der Waals surface area (Å²) < 4.78 is 0.